The molecule has 2 aliphatic rings. The van der Waals surface area contributed by atoms with E-state index in [2.05, 4.69) is 44.3 Å². The molecule has 34 heavy (non-hydrogen) atoms. The highest BCUT2D eigenvalue weighted by molar-refractivity contribution is 5.85. The predicted molar refractivity (Wildman–Crippen MR) is 142 cm³/mol. The summed E-state index contributed by atoms with van der Waals surface area (Å²) in [6, 6.07) is 13.5. The standard InChI is InChI=1S/C30H42FNO.ClH/c1-4-7-22-9-15-26-24(20-22)12-16-28-29(2,17-6-18-30(26,28)3)21-32-19-5-8-27(33)23-10-13-25(31)14-11-23;/h9-11,13-15,20,27-28,32-33H,4-8,12,16-19,21H2,1-3H3;1H. The molecule has 0 heterocycles. The molecule has 2 nitrogen and oxygen atoms in total. The van der Waals surface area contributed by atoms with Gasteiger partial charge in [-0.2, -0.15) is 0 Å². The van der Waals surface area contributed by atoms with Gasteiger partial charge in [-0.15, -0.1) is 12.4 Å². The van der Waals surface area contributed by atoms with Crippen LogP contribution in [0.5, 0.6) is 0 Å². The molecular weight excluding hydrogens is 445 g/mol. The Bertz CT molecular complexity index is 932. The van der Waals surface area contributed by atoms with Crippen LogP contribution >= 0.6 is 12.4 Å². The van der Waals surface area contributed by atoms with E-state index in [4.69, 9.17) is 0 Å². The van der Waals surface area contributed by atoms with E-state index in [9.17, 15) is 9.50 Å². The number of nitrogens with one attached hydrogen (secondary N) is 1. The Morgan fingerprint density at radius 1 is 1.12 bits per heavy atom. The van der Waals surface area contributed by atoms with Gasteiger partial charge in [0.15, 0.2) is 0 Å². The van der Waals surface area contributed by atoms with E-state index in [0.29, 0.717) is 17.8 Å². The van der Waals surface area contributed by atoms with Crippen LogP contribution in [0.2, 0.25) is 0 Å². The highest BCUT2D eigenvalue weighted by Crippen LogP contribution is 2.57. The van der Waals surface area contributed by atoms with Gasteiger partial charge in [0.25, 0.3) is 0 Å². The molecule has 0 spiro atoms. The van der Waals surface area contributed by atoms with Crippen molar-refractivity contribution < 1.29 is 9.50 Å². The predicted octanol–water partition coefficient (Wildman–Crippen LogP) is 7.31. The molecule has 2 aromatic carbocycles. The Morgan fingerprint density at radius 3 is 2.62 bits per heavy atom. The molecule has 0 saturated heterocycles. The number of rotatable bonds is 9. The lowest BCUT2D eigenvalue weighted by Crippen LogP contribution is -2.52. The molecule has 1 fully saturated rings. The zero-order valence-electron chi connectivity index (χ0n) is 21.2. The van der Waals surface area contributed by atoms with Gasteiger partial charge in [-0.05, 0) is 103 Å². The topological polar surface area (TPSA) is 32.3 Å². The van der Waals surface area contributed by atoms with Crippen molar-refractivity contribution in [1.29, 1.82) is 0 Å². The second kappa shape index (κ2) is 11.5. The molecule has 188 valence electrons. The van der Waals surface area contributed by atoms with Gasteiger partial charge in [-0.25, -0.2) is 4.39 Å². The largest absolute Gasteiger partial charge is 0.388 e. The Hall–Kier alpha value is -1.42. The van der Waals surface area contributed by atoms with E-state index >= 15 is 0 Å². The Kier molecular flexibility index (Phi) is 9.23. The first-order chi connectivity index (χ1) is 15.9. The molecule has 4 heteroatoms. The summed E-state index contributed by atoms with van der Waals surface area (Å²) >= 11 is 0. The van der Waals surface area contributed by atoms with E-state index in [1.54, 1.807) is 23.3 Å². The average Bonchev–Trinajstić information content (AvgIpc) is 2.79. The van der Waals surface area contributed by atoms with E-state index in [1.807, 2.05) is 0 Å². The summed E-state index contributed by atoms with van der Waals surface area (Å²) in [5.41, 5.74) is 6.11. The molecule has 2 aromatic rings. The molecule has 0 radical (unpaired) electrons. The van der Waals surface area contributed by atoms with Crippen LogP contribution in [-0.2, 0) is 18.3 Å². The molecule has 0 amide bonds. The van der Waals surface area contributed by atoms with Gasteiger partial charge in [0.05, 0.1) is 6.10 Å². The first-order valence-corrected chi connectivity index (χ1v) is 13.1. The summed E-state index contributed by atoms with van der Waals surface area (Å²) in [5.74, 6) is 0.452. The van der Waals surface area contributed by atoms with Crippen LogP contribution in [0.25, 0.3) is 0 Å². The molecule has 0 aliphatic heterocycles. The number of hydrogen-bond donors (Lipinski definition) is 2. The van der Waals surface area contributed by atoms with Crippen LogP contribution in [0.4, 0.5) is 4.39 Å². The fraction of sp³-hybridized carbons (Fsp3) is 0.600. The first-order valence-electron chi connectivity index (χ1n) is 13.1. The quantitative estimate of drug-likeness (QED) is 0.363. The maximum absolute atomic E-state index is 13.1. The van der Waals surface area contributed by atoms with E-state index in [0.717, 1.165) is 25.1 Å². The molecular formula is C30H43ClFNO. The minimum Gasteiger partial charge on any atom is -0.388 e. The second-order valence-electron chi connectivity index (χ2n) is 11.1. The third kappa shape index (κ3) is 5.69. The lowest BCUT2D eigenvalue weighted by molar-refractivity contribution is 0.0258. The van der Waals surface area contributed by atoms with Crippen LogP contribution in [-0.4, -0.2) is 18.2 Å². The smallest absolute Gasteiger partial charge is 0.123 e. The lowest BCUT2D eigenvalue weighted by atomic mass is 9.49. The maximum atomic E-state index is 13.1. The summed E-state index contributed by atoms with van der Waals surface area (Å²) in [6.45, 7) is 9.26. The molecule has 1 saturated carbocycles. The third-order valence-corrected chi connectivity index (χ3v) is 8.70. The van der Waals surface area contributed by atoms with E-state index in [1.165, 1.54) is 62.6 Å². The highest BCUT2D eigenvalue weighted by Gasteiger charge is 2.51. The van der Waals surface area contributed by atoms with Gasteiger partial charge >= 0.3 is 0 Å². The zero-order valence-corrected chi connectivity index (χ0v) is 22.0. The van der Waals surface area contributed by atoms with Crippen LogP contribution in [0.15, 0.2) is 42.5 Å². The number of aliphatic hydroxyl groups excluding tert-OH is 1. The van der Waals surface area contributed by atoms with Crippen molar-refractivity contribution in [2.45, 2.75) is 90.1 Å². The number of benzene rings is 2. The number of halogens is 2. The van der Waals surface area contributed by atoms with Crippen molar-refractivity contribution in [3.8, 4) is 0 Å². The summed E-state index contributed by atoms with van der Waals surface area (Å²) in [7, 11) is 0. The highest BCUT2D eigenvalue weighted by atomic mass is 35.5. The fourth-order valence-electron chi connectivity index (χ4n) is 6.98. The van der Waals surface area contributed by atoms with Crippen molar-refractivity contribution in [3.05, 3.63) is 70.5 Å². The molecule has 2 N–H and O–H groups in total. The normalized spacial score (nSPS) is 26.8. The molecule has 4 rings (SSSR count). The minimum atomic E-state index is -0.520. The minimum absolute atomic E-state index is 0. The lowest BCUT2D eigenvalue weighted by Gasteiger charge is -2.55. The Balaban J connectivity index is 0.00000324. The van der Waals surface area contributed by atoms with Crippen molar-refractivity contribution >= 4 is 12.4 Å². The van der Waals surface area contributed by atoms with Crippen molar-refractivity contribution in [2.24, 2.45) is 11.3 Å². The Morgan fingerprint density at radius 2 is 1.88 bits per heavy atom. The number of aryl methyl sites for hydroxylation is 2. The van der Waals surface area contributed by atoms with Crippen molar-refractivity contribution in [3.63, 3.8) is 0 Å². The van der Waals surface area contributed by atoms with Crippen LogP contribution in [0, 0.1) is 17.2 Å². The number of hydrogen-bond acceptors (Lipinski definition) is 2. The van der Waals surface area contributed by atoms with Gasteiger partial charge < -0.3 is 10.4 Å². The summed E-state index contributed by atoms with van der Waals surface area (Å²) in [6.07, 6.45) is 9.89. The van der Waals surface area contributed by atoms with E-state index < -0.39 is 6.10 Å². The van der Waals surface area contributed by atoms with Crippen molar-refractivity contribution in [1.82, 2.24) is 5.32 Å². The summed E-state index contributed by atoms with van der Waals surface area (Å²) in [5, 5.41) is 14.1. The van der Waals surface area contributed by atoms with Gasteiger partial charge in [-0.1, -0.05) is 63.9 Å². The SMILES string of the molecule is CCCc1ccc2c(c1)CCC1C(C)(CNCCCC(O)c3ccc(F)cc3)CCCC21C.Cl. The average molecular weight is 488 g/mol. The molecule has 0 bridgehead atoms. The molecule has 4 atom stereocenters. The maximum Gasteiger partial charge on any atom is 0.123 e. The summed E-state index contributed by atoms with van der Waals surface area (Å²) in [4.78, 5) is 0. The second-order valence-corrected chi connectivity index (χ2v) is 11.1. The third-order valence-electron chi connectivity index (χ3n) is 8.70. The number of aliphatic hydroxyl groups is 1. The monoisotopic (exact) mass is 487 g/mol. The fourth-order valence-corrected chi connectivity index (χ4v) is 6.98. The molecule has 0 aromatic heterocycles. The van der Waals surface area contributed by atoms with Gasteiger partial charge in [-0.3, -0.25) is 0 Å². The van der Waals surface area contributed by atoms with Gasteiger partial charge in [0.2, 0.25) is 0 Å². The van der Waals surface area contributed by atoms with Gasteiger partial charge in [0, 0.05) is 6.54 Å². The molecule has 2 aliphatic carbocycles. The first kappa shape index (κ1) is 27.2. The molecule has 4 unspecified atom stereocenters. The Labute approximate surface area is 212 Å². The van der Waals surface area contributed by atoms with Gasteiger partial charge in [0.1, 0.15) is 5.82 Å². The van der Waals surface area contributed by atoms with Crippen LogP contribution < -0.4 is 5.32 Å². The summed E-state index contributed by atoms with van der Waals surface area (Å²) < 4.78 is 13.1. The zero-order chi connectivity index (χ0) is 23.5. The van der Waals surface area contributed by atoms with Crippen molar-refractivity contribution in [2.75, 3.05) is 13.1 Å². The van der Waals surface area contributed by atoms with Crippen LogP contribution in [0.1, 0.15) is 94.1 Å². The number of fused-ring (bicyclic) bond motifs is 3. The van der Waals surface area contributed by atoms with E-state index in [-0.39, 0.29) is 23.6 Å². The van der Waals surface area contributed by atoms with Crippen LogP contribution in [0.3, 0.4) is 0 Å².